The summed E-state index contributed by atoms with van der Waals surface area (Å²) in [5.74, 6) is 0.664. The number of piperidine rings is 1. The number of rotatable bonds is 4. The van der Waals surface area contributed by atoms with E-state index in [-0.39, 0.29) is 11.8 Å². The van der Waals surface area contributed by atoms with Crippen molar-refractivity contribution in [1.82, 2.24) is 10.1 Å². The van der Waals surface area contributed by atoms with E-state index in [1.807, 2.05) is 0 Å². The summed E-state index contributed by atoms with van der Waals surface area (Å²) in [4.78, 5) is 14.5. The first-order valence-corrected chi connectivity index (χ1v) is 6.55. The topological polar surface area (TPSA) is 81.6 Å². The fraction of sp³-hybridized carbons (Fsp3) is 0.583. The largest absolute Gasteiger partial charge is 0.393 e. The molecule has 0 spiro atoms. The Bertz CT molecular complexity index is 467. The molecule has 1 aromatic rings. The minimum absolute atomic E-state index is 0.118. The molecule has 0 aliphatic carbocycles. The molecule has 19 heavy (non-hydrogen) atoms. The minimum atomic E-state index is -0.118. The molecule has 0 atom stereocenters. The van der Waals surface area contributed by atoms with Crippen LogP contribution < -0.4 is 5.73 Å². The molecule has 1 fully saturated rings. The van der Waals surface area contributed by atoms with Gasteiger partial charge in [0, 0.05) is 32.2 Å². The Morgan fingerprint density at radius 3 is 2.89 bits per heavy atom. The van der Waals surface area contributed by atoms with Crippen molar-refractivity contribution >= 4 is 23.1 Å². The zero-order valence-electron chi connectivity index (χ0n) is 10.8. The molecule has 2 N–H and O–H groups in total. The number of ether oxygens (including phenoxy) is 1. The fourth-order valence-electron chi connectivity index (χ4n) is 2.15. The highest BCUT2D eigenvalue weighted by Gasteiger charge is 2.26. The molecule has 0 bridgehead atoms. The number of hydrogen-bond acceptors (Lipinski definition) is 5. The zero-order valence-corrected chi connectivity index (χ0v) is 11.6. The Balaban J connectivity index is 1.95. The average Bonchev–Trinajstić information content (AvgIpc) is 2.87. The first kappa shape index (κ1) is 14.0. The Labute approximate surface area is 116 Å². The van der Waals surface area contributed by atoms with Crippen molar-refractivity contribution in [3.05, 3.63) is 17.5 Å². The third-order valence-corrected chi connectivity index (χ3v) is 3.58. The van der Waals surface area contributed by atoms with Gasteiger partial charge in [0.25, 0.3) is 5.91 Å². The summed E-state index contributed by atoms with van der Waals surface area (Å²) < 4.78 is 9.93. The molecule has 1 aliphatic rings. The van der Waals surface area contributed by atoms with Crippen LogP contribution in [-0.2, 0) is 11.3 Å². The van der Waals surface area contributed by atoms with Crippen LogP contribution in [0.25, 0.3) is 0 Å². The molecule has 1 aliphatic heterocycles. The molecule has 2 heterocycles. The number of carbonyl (C=O) groups excluding carboxylic acids is 1. The maximum absolute atomic E-state index is 12.2. The Kier molecular flexibility index (Phi) is 4.49. The van der Waals surface area contributed by atoms with E-state index in [4.69, 9.17) is 27.2 Å². The van der Waals surface area contributed by atoms with Gasteiger partial charge in [0.1, 0.15) is 6.61 Å². The molecular weight excluding hydrogens is 266 g/mol. The number of hydrogen-bond donors (Lipinski definition) is 1. The molecule has 1 amide bonds. The molecular formula is C12H17N3O3S. The Hall–Kier alpha value is -1.47. The minimum Gasteiger partial charge on any atom is -0.393 e. The maximum Gasteiger partial charge on any atom is 0.276 e. The highest BCUT2D eigenvalue weighted by Crippen LogP contribution is 2.19. The van der Waals surface area contributed by atoms with Gasteiger partial charge >= 0.3 is 0 Å². The first-order chi connectivity index (χ1) is 9.11. The van der Waals surface area contributed by atoms with Gasteiger partial charge in [-0.2, -0.15) is 0 Å². The molecule has 0 unspecified atom stereocenters. The highest BCUT2D eigenvalue weighted by molar-refractivity contribution is 7.80. The summed E-state index contributed by atoms with van der Waals surface area (Å²) >= 11 is 4.98. The molecule has 1 saturated heterocycles. The lowest BCUT2D eigenvalue weighted by atomic mass is 9.97. The molecule has 2 rings (SSSR count). The Morgan fingerprint density at radius 2 is 2.32 bits per heavy atom. The van der Waals surface area contributed by atoms with E-state index in [0.29, 0.717) is 36.1 Å². The molecule has 7 heteroatoms. The molecule has 1 aromatic heterocycles. The number of carbonyl (C=O) groups is 1. The van der Waals surface area contributed by atoms with Gasteiger partial charge in [-0.05, 0) is 12.8 Å². The third kappa shape index (κ3) is 3.30. The molecule has 6 nitrogen and oxygen atoms in total. The van der Waals surface area contributed by atoms with Crippen LogP contribution in [0, 0.1) is 5.92 Å². The van der Waals surface area contributed by atoms with Crippen LogP contribution in [0.2, 0.25) is 0 Å². The van der Waals surface area contributed by atoms with Gasteiger partial charge in [-0.1, -0.05) is 17.4 Å². The summed E-state index contributed by atoms with van der Waals surface area (Å²) in [7, 11) is 1.56. The second-order valence-electron chi connectivity index (χ2n) is 4.58. The smallest absolute Gasteiger partial charge is 0.276 e. The van der Waals surface area contributed by atoms with E-state index in [2.05, 4.69) is 5.16 Å². The Morgan fingerprint density at radius 1 is 1.63 bits per heavy atom. The second-order valence-corrected chi connectivity index (χ2v) is 5.05. The monoisotopic (exact) mass is 283 g/mol. The van der Waals surface area contributed by atoms with E-state index in [1.165, 1.54) is 0 Å². The van der Waals surface area contributed by atoms with Gasteiger partial charge in [0.05, 0.1) is 4.99 Å². The number of aromatic nitrogens is 1. The normalized spacial score (nSPS) is 16.6. The van der Waals surface area contributed by atoms with Crippen molar-refractivity contribution in [2.75, 3.05) is 20.2 Å². The van der Waals surface area contributed by atoms with Gasteiger partial charge in [0.15, 0.2) is 11.5 Å². The van der Waals surface area contributed by atoms with Crippen LogP contribution in [0.1, 0.15) is 29.1 Å². The van der Waals surface area contributed by atoms with Gasteiger partial charge in [-0.15, -0.1) is 0 Å². The van der Waals surface area contributed by atoms with Crippen LogP contribution in [0.4, 0.5) is 0 Å². The molecule has 0 saturated carbocycles. The van der Waals surface area contributed by atoms with E-state index in [0.717, 1.165) is 12.8 Å². The quantitative estimate of drug-likeness (QED) is 0.829. The van der Waals surface area contributed by atoms with Crippen LogP contribution in [0.15, 0.2) is 10.6 Å². The van der Waals surface area contributed by atoms with Crippen LogP contribution in [0.3, 0.4) is 0 Å². The highest BCUT2D eigenvalue weighted by atomic mass is 32.1. The number of nitrogens with zero attached hydrogens (tertiary/aromatic N) is 2. The van der Waals surface area contributed by atoms with Crippen LogP contribution in [0.5, 0.6) is 0 Å². The zero-order chi connectivity index (χ0) is 13.8. The van der Waals surface area contributed by atoms with Gasteiger partial charge in [-0.25, -0.2) is 0 Å². The van der Waals surface area contributed by atoms with Gasteiger partial charge in [0.2, 0.25) is 0 Å². The molecule has 0 aromatic carbocycles. The summed E-state index contributed by atoms with van der Waals surface area (Å²) in [5, 5.41) is 3.77. The van der Waals surface area contributed by atoms with Crippen molar-refractivity contribution in [2.45, 2.75) is 19.4 Å². The standard InChI is InChI=1S/C12H17N3O3S/c1-17-7-9-6-10(14-18-9)12(16)15-4-2-8(3-5-15)11(13)19/h6,8H,2-5,7H2,1H3,(H2,13,19). The third-order valence-electron chi connectivity index (χ3n) is 3.25. The predicted octanol–water partition coefficient (Wildman–Crippen LogP) is 0.959. The number of nitrogens with two attached hydrogens (primary N) is 1. The van der Waals surface area contributed by atoms with E-state index in [9.17, 15) is 4.79 Å². The number of amides is 1. The van der Waals surface area contributed by atoms with E-state index < -0.39 is 0 Å². The number of methoxy groups -OCH3 is 1. The SMILES string of the molecule is COCc1cc(C(=O)N2CCC(C(N)=S)CC2)no1. The van der Waals surface area contributed by atoms with Crippen LogP contribution >= 0.6 is 12.2 Å². The van der Waals surface area contributed by atoms with Crippen molar-refractivity contribution in [3.8, 4) is 0 Å². The van der Waals surface area contributed by atoms with Crippen molar-refractivity contribution < 1.29 is 14.1 Å². The van der Waals surface area contributed by atoms with Crippen molar-refractivity contribution in [2.24, 2.45) is 11.7 Å². The summed E-state index contributed by atoms with van der Waals surface area (Å²) in [6.07, 6.45) is 1.62. The van der Waals surface area contributed by atoms with Crippen molar-refractivity contribution in [3.63, 3.8) is 0 Å². The molecule has 0 radical (unpaired) electrons. The summed E-state index contributed by atoms with van der Waals surface area (Å²) in [6, 6.07) is 1.62. The lowest BCUT2D eigenvalue weighted by Crippen LogP contribution is -2.41. The van der Waals surface area contributed by atoms with Crippen molar-refractivity contribution in [1.29, 1.82) is 0 Å². The predicted molar refractivity (Wildman–Crippen MR) is 72.6 cm³/mol. The first-order valence-electron chi connectivity index (χ1n) is 6.15. The van der Waals surface area contributed by atoms with E-state index in [1.54, 1.807) is 18.1 Å². The van der Waals surface area contributed by atoms with Crippen LogP contribution in [-0.4, -0.2) is 41.2 Å². The lowest BCUT2D eigenvalue weighted by Gasteiger charge is -2.30. The average molecular weight is 283 g/mol. The molecule has 104 valence electrons. The lowest BCUT2D eigenvalue weighted by molar-refractivity contribution is 0.0699. The number of likely N-dealkylation sites (tertiary alicyclic amines) is 1. The maximum atomic E-state index is 12.2. The van der Waals surface area contributed by atoms with Gasteiger partial charge in [-0.3, -0.25) is 4.79 Å². The summed E-state index contributed by atoms with van der Waals surface area (Å²) in [6.45, 7) is 1.60. The van der Waals surface area contributed by atoms with E-state index >= 15 is 0 Å². The fourth-order valence-corrected chi connectivity index (χ4v) is 2.39. The summed E-state index contributed by atoms with van der Waals surface area (Å²) in [5.41, 5.74) is 5.94. The van der Waals surface area contributed by atoms with Gasteiger partial charge < -0.3 is 19.9 Å². The number of thiocarbonyl (C=S) groups is 1. The second kappa shape index (κ2) is 6.12.